The van der Waals surface area contributed by atoms with Crippen molar-refractivity contribution in [2.45, 2.75) is 16.9 Å². The summed E-state index contributed by atoms with van der Waals surface area (Å²) in [5.74, 6) is -0.887. The molecule has 0 bridgehead atoms. The van der Waals surface area contributed by atoms with Gasteiger partial charge in [0.25, 0.3) is 0 Å². The van der Waals surface area contributed by atoms with Crippen LogP contribution in [0, 0.1) is 0 Å². The highest BCUT2D eigenvalue weighted by molar-refractivity contribution is 7.93. The number of carbonyl (C=O) groups excluding carboxylic acids is 1. The Morgan fingerprint density at radius 3 is 2.44 bits per heavy atom. The predicted molar refractivity (Wildman–Crippen MR) is 114 cm³/mol. The fraction of sp³-hybridized carbons (Fsp3) is 0.211. The summed E-state index contributed by atoms with van der Waals surface area (Å²) in [5.41, 5.74) is 0.536. The minimum absolute atomic E-state index is 0.0317. The maximum Gasteiger partial charge on any atom is 0.416 e. The van der Waals surface area contributed by atoms with Crippen LogP contribution in [0.15, 0.2) is 53.0 Å². The van der Waals surface area contributed by atoms with E-state index in [1.807, 2.05) is 0 Å². The van der Waals surface area contributed by atoms with Gasteiger partial charge in [0.15, 0.2) is 0 Å². The Kier molecular flexibility index (Phi) is 7.49. The largest absolute Gasteiger partial charge is 0.416 e. The zero-order chi connectivity index (χ0) is 23.4. The number of aromatic nitrogens is 2. The Hall–Kier alpha value is -2.54. The van der Waals surface area contributed by atoms with E-state index in [0.29, 0.717) is 21.3 Å². The molecule has 0 radical (unpaired) electrons. The molecule has 2 heterocycles. The highest BCUT2D eigenvalue weighted by Crippen LogP contribution is 2.30. The molecule has 1 amide bonds. The summed E-state index contributed by atoms with van der Waals surface area (Å²) in [7, 11) is -3.60. The predicted octanol–water partition coefficient (Wildman–Crippen LogP) is 3.51. The van der Waals surface area contributed by atoms with Crippen molar-refractivity contribution in [3.8, 4) is 11.3 Å². The first-order valence-electron chi connectivity index (χ1n) is 8.99. The van der Waals surface area contributed by atoms with Crippen LogP contribution in [0.25, 0.3) is 11.3 Å². The highest BCUT2D eigenvalue weighted by atomic mass is 35.5. The number of nitrogens with one attached hydrogen (secondary N) is 2. The maximum absolute atomic E-state index is 12.7. The van der Waals surface area contributed by atoms with E-state index < -0.39 is 33.4 Å². The maximum atomic E-state index is 12.7. The lowest BCUT2D eigenvalue weighted by atomic mass is 10.1. The number of nitrogens with zero attached hydrogens (tertiary/aromatic N) is 2. The van der Waals surface area contributed by atoms with Crippen LogP contribution in [0.3, 0.4) is 0 Å². The molecule has 0 saturated heterocycles. The van der Waals surface area contributed by atoms with Crippen LogP contribution >= 0.6 is 22.9 Å². The van der Waals surface area contributed by atoms with Crippen molar-refractivity contribution < 1.29 is 26.4 Å². The van der Waals surface area contributed by atoms with Gasteiger partial charge in [-0.25, -0.2) is 18.4 Å². The second-order valence-corrected chi connectivity index (χ2v) is 10.4. The summed E-state index contributed by atoms with van der Waals surface area (Å²) >= 11 is 6.67. The Bertz CT molecular complexity index is 1200. The fourth-order valence-electron chi connectivity index (χ4n) is 2.57. The SMILES string of the molecule is O=C(CNCS(=O)(=O)c1ccc(Cl)s1)NCc1cc(-c2ccc(C(F)(F)F)cc2)ncn1. The first kappa shape index (κ1) is 24.1. The number of rotatable bonds is 8. The summed E-state index contributed by atoms with van der Waals surface area (Å²) < 4.78 is 62.8. The summed E-state index contributed by atoms with van der Waals surface area (Å²) in [6.07, 6.45) is -3.19. The van der Waals surface area contributed by atoms with Crippen LogP contribution in [0.4, 0.5) is 13.2 Å². The summed E-state index contributed by atoms with van der Waals surface area (Å²) in [6, 6.07) is 8.95. The van der Waals surface area contributed by atoms with Crippen LogP contribution in [0.1, 0.15) is 11.3 Å². The second kappa shape index (κ2) is 9.94. The van der Waals surface area contributed by atoms with Gasteiger partial charge in [-0.15, -0.1) is 11.3 Å². The minimum atomic E-state index is -4.43. The molecule has 0 spiro atoms. The third kappa shape index (κ3) is 6.48. The van der Waals surface area contributed by atoms with E-state index in [9.17, 15) is 26.4 Å². The Morgan fingerprint density at radius 1 is 1.09 bits per heavy atom. The zero-order valence-electron chi connectivity index (χ0n) is 16.2. The standard InChI is InChI=1S/C19H16ClF3N4O3S2/c20-16-5-6-18(31-16)32(29,30)11-24-9-17(28)25-8-14-7-15(27-10-26-14)12-1-3-13(4-2-12)19(21,22)23/h1-7,10,24H,8-9,11H2,(H,25,28). The zero-order valence-corrected chi connectivity index (χ0v) is 18.6. The van der Waals surface area contributed by atoms with Gasteiger partial charge in [0.1, 0.15) is 16.4 Å². The van der Waals surface area contributed by atoms with E-state index >= 15 is 0 Å². The van der Waals surface area contributed by atoms with Gasteiger partial charge in [-0.2, -0.15) is 13.2 Å². The smallest absolute Gasteiger partial charge is 0.349 e. The lowest BCUT2D eigenvalue weighted by Crippen LogP contribution is -2.35. The molecule has 7 nitrogen and oxygen atoms in total. The molecule has 0 aliphatic carbocycles. The fourth-order valence-corrected chi connectivity index (χ4v) is 5.23. The molecule has 170 valence electrons. The quantitative estimate of drug-likeness (QED) is 0.487. The van der Waals surface area contributed by atoms with Crippen molar-refractivity contribution in [3.05, 3.63) is 64.4 Å². The molecule has 13 heteroatoms. The molecule has 0 atom stereocenters. The Labute approximate surface area is 190 Å². The van der Waals surface area contributed by atoms with Gasteiger partial charge < -0.3 is 5.32 Å². The van der Waals surface area contributed by atoms with E-state index in [1.165, 1.54) is 30.6 Å². The van der Waals surface area contributed by atoms with Crippen molar-refractivity contribution >= 4 is 38.7 Å². The van der Waals surface area contributed by atoms with Gasteiger partial charge in [0.2, 0.25) is 15.7 Å². The van der Waals surface area contributed by atoms with E-state index in [4.69, 9.17) is 11.6 Å². The molecular weight excluding hydrogens is 489 g/mol. The molecular formula is C19H16ClF3N4O3S2. The lowest BCUT2D eigenvalue weighted by molar-refractivity contribution is -0.137. The van der Waals surface area contributed by atoms with Gasteiger partial charge in [0.05, 0.1) is 34.4 Å². The molecule has 2 aromatic heterocycles. The molecule has 0 unspecified atom stereocenters. The van der Waals surface area contributed by atoms with Crippen LogP contribution < -0.4 is 10.6 Å². The minimum Gasteiger partial charge on any atom is -0.349 e. The number of hydrogen-bond acceptors (Lipinski definition) is 7. The first-order chi connectivity index (χ1) is 15.0. The van der Waals surface area contributed by atoms with Crippen molar-refractivity contribution in [3.63, 3.8) is 0 Å². The van der Waals surface area contributed by atoms with E-state index in [-0.39, 0.29) is 17.3 Å². The first-order valence-corrected chi connectivity index (χ1v) is 11.8. The van der Waals surface area contributed by atoms with Crippen molar-refractivity contribution in [2.24, 2.45) is 0 Å². The van der Waals surface area contributed by atoms with Crippen LogP contribution in [-0.4, -0.2) is 36.7 Å². The van der Waals surface area contributed by atoms with Crippen molar-refractivity contribution in [1.29, 1.82) is 0 Å². The number of benzene rings is 1. The normalized spacial score (nSPS) is 12.0. The average molecular weight is 505 g/mol. The molecule has 0 aliphatic rings. The van der Waals surface area contributed by atoms with Crippen molar-refractivity contribution in [2.75, 3.05) is 12.4 Å². The summed E-state index contributed by atoms with van der Waals surface area (Å²) in [4.78, 5) is 20.1. The van der Waals surface area contributed by atoms with Gasteiger partial charge in [-0.1, -0.05) is 23.7 Å². The molecule has 0 saturated carbocycles. The monoisotopic (exact) mass is 504 g/mol. The van der Waals surface area contributed by atoms with Gasteiger partial charge in [-0.05, 0) is 30.3 Å². The van der Waals surface area contributed by atoms with Crippen LogP contribution in [0.5, 0.6) is 0 Å². The third-order valence-corrected chi connectivity index (χ3v) is 7.50. The van der Waals surface area contributed by atoms with Gasteiger partial charge >= 0.3 is 6.18 Å². The molecule has 2 N–H and O–H groups in total. The molecule has 0 aliphatic heterocycles. The van der Waals surface area contributed by atoms with Gasteiger partial charge in [0, 0.05) is 5.56 Å². The topological polar surface area (TPSA) is 101 Å². The molecule has 1 aromatic carbocycles. The van der Waals surface area contributed by atoms with E-state index in [1.54, 1.807) is 6.07 Å². The number of halogens is 4. The highest BCUT2D eigenvalue weighted by Gasteiger charge is 2.30. The average Bonchev–Trinajstić information content (AvgIpc) is 3.19. The number of thiophene rings is 1. The number of hydrogen-bond donors (Lipinski definition) is 2. The Morgan fingerprint density at radius 2 is 1.81 bits per heavy atom. The number of sulfone groups is 1. The van der Waals surface area contributed by atoms with Crippen LogP contribution in [-0.2, 0) is 27.4 Å². The van der Waals surface area contributed by atoms with Crippen molar-refractivity contribution in [1.82, 2.24) is 20.6 Å². The summed E-state index contributed by atoms with van der Waals surface area (Å²) in [6.45, 7) is -0.209. The van der Waals surface area contributed by atoms with Crippen LogP contribution in [0.2, 0.25) is 4.34 Å². The van der Waals surface area contributed by atoms with E-state index in [2.05, 4.69) is 20.6 Å². The van der Waals surface area contributed by atoms with Gasteiger partial charge in [-0.3, -0.25) is 10.1 Å². The molecule has 3 rings (SSSR count). The number of amides is 1. The summed E-state index contributed by atoms with van der Waals surface area (Å²) in [5, 5.41) is 5.15. The second-order valence-electron chi connectivity index (χ2n) is 6.49. The number of carbonyl (C=O) groups is 1. The molecule has 3 aromatic rings. The Balaban J connectivity index is 1.52. The lowest BCUT2D eigenvalue weighted by Gasteiger charge is -2.09. The van der Waals surface area contributed by atoms with E-state index in [0.717, 1.165) is 23.5 Å². The third-order valence-electron chi connectivity index (χ3n) is 4.13. The molecule has 0 fully saturated rings. The molecule has 32 heavy (non-hydrogen) atoms. The number of alkyl halides is 3.